The molecule has 1 fully saturated rings. The van der Waals surface area contributed by atoms with Crippen LogP contribution in [0.5, 0.6) is 0 Å². The largest absolute Gasteiger partial charge is 0.322 e. The summed E-state index contributed by atoms with van der Waals surface area (Å²) in [6, 6.07) is 9.28. The van der Waals surface area contributed by atoms with Gasteiger partial charge in [0, 0.05) is 0 Å². The Balaban J connectivity index is 2.62. The minimum atomic E-state index is -0.658. The zero-order valence-corrected chi connectivity index (χ0v) is 17.5. The van der Waals surface area contributed by atoms with Gasteiger partial charge >= 0.3 is 0 Å². The quantitative estimate of drug-likeness (QED) is 0.690. The van der Waals surface area contributed by atoms with E-state index in [0.717, 1.165) is 24.2 Å². The summed E-state index contributed by atoms with van der Waals surface area (Å²) in [5, 5.41) is 0. The van der Waals surface area contributed by atoms with E-state index in [9.17, 15) is 0 Å². The highest BCUT2D eigenvalue weighted by molar-refractivity contribution is 6.67. The summed E-state index contributed by atoms with van der Waals surface area (Å²) in [5.74, 6) is 0. The third-order valence-electron chi connectivity index (χ3n) is 4.89. The van der Waals surface area contributed by atoms with E-state index in [2.05, 4.69) is 64.5 Å². The van der Waals surface area contributed by atoms with Gasteiger partial charge in [0.25, 0.3) is 0 Å². The van der Waals surface area contributed by atoms with Crippen molar-refractivity contribution >= 4 is 17.9 Å². The van der Waals surface area contributed by atoms with Gasteiger partial charge in [-0.2, -0.15) is 0 Å². The maximum absolute atomic E-state index is 2.89. The Kier molecular flexibility index (Phi) is 7.46. The molecule has 1 saturated heterocycles. The Morgan fingerprint density at radius 3 is 0.850 bits per heavy atom. The zero-order chi connectivity index (χ0) is 15.4. The third-order valence-corrected chi connectivity index (χ3v) is 14.3. The van der Waals surface area contributed by atoms with Gasteiger partial charge in [-0.05, 0) is 48.3 Å². The van der Waals surface area contributed by atoms with Crippen molar-refractivity contribution in [2.45, 2.75) is 104 Å². The molecule has 20 heavy (non-hydrogen) atoms. The first kappa shape index (κ1) is 18.4. The second kappa shape index (κ2) is 8.11. The lowest BCUT2D eigenvalue weighted by atomic mass is 10.3. The van der Waals surface area contributed by atoms with Crippen LogP contribution < -0.4 is 0 Å². The summed E-state index contributed by atoms with van der Waals surface area (Å²) in [6.45, 7) is 19.2. The molecule has 0 unspecified atom stereocenters. The molecule has 0 saturated carbocycles. The summed E-state index contributed by atoms with van der Waals surface area (Å²) in [7, 11) is -1.32. The highest BCUT2D eigenvalue weighted by Crippen LogP contribution is 2.29. The molecule has 0 N–H and O–H groups in total. The average Bonchev–Trinajstić information content (AvgIpc) is 2.29. The normalized spacial score (nSPS) is 24.9. The van der Waals surface area contributed by atoms with Crippen LogP contribution in [0, 0.1) is 0 Å². The van der Waals surface area contributed by atoms with Gasteiger partial charge in [0.1, 0.15) is 17.9 Å². The third kappa shape index (κ3) is 4.68. The van der Waals surface area contributed by atoms with Crippen LogP contribution in [0.3, 0.4) is 0 Å². The van der Waals surface area contributed by atoms with Crippen LogP contribution in [0.1, 0.15) is 55.4 Å². The smallest absolute Gasteiger partial charge is 0.112 e. The molecule has 0 atom stereocenters. The summed E-state index contributed by atoms with van der Waals surface area (Å²) >= 11 is 0. The predicted molar refractivity (Wildman–Crippen MR) is 97.7 cm³/mol. The molecule has 0 aromatic heterocycles. The first-order valence-corrected chi connectivity index (χ1v) is 13.1. The van der Waals surface area contributed by atoms with E-state index in [0.29, 0.717) is 0 Å². The van der Waals surface area contributed by atoms with Gasteiger partial charge < -0.3 is 9.13 Å². The predicted octanol–water partition coefficient (Wildman–Crippen LogP) is 3.69. The van der Waals surface area contributed by atoms with Gasteiger partial charge in [0.2, 0.25) is 0 Å². The molecule has 0 aliphatic carbocycles. The number of rotatable bonds is 6. The average molecular weight is 315 g/mol. The fourth-order valence-corrected chi connectivity index (χ4v) is 15.8. The molecule has 2 nitrogen and oxygen atoms in total. The van der Waals surface area contributed by atoms with E-state index in [1.807, 2.05) is 0 Å². The lowest BCUT2D eigenvalue weighted by Gasteiger charge is -2.45. The summed E-state index contributed by atoms with van der Waals surface area (Å²) in [4.78, 5) is 0. The Labute approximate surface area is 131 Å². The maximum atomic E-state index is 2.89. The fourth-order valence-electron chi connectivity index (χ4n) is 4.53. The van der Waals surface area contributed by atoms with Gasteiger partial charge in [0.05, 0.1) is 0 Å². The summed E-state index contributed by atoms with van der Waals surface area (Å²) in [5.41, 5.74) is 0. The first-order chi connectivity index (χ1) is 9.25. The van der Waals surface area contributed by atoms with Crippen molar-refractivity contribution < 1.29 is 0 Å². The topological polar surface area (TPSA) is 6.48 Å². The Morgan fingerprint density at radius 1 is 0.500 bits per heavy atom. The molecule has 0 radical (unpaired) electrons. The van der Waals surface area contributed by atoms with Gasteiger partial charge in [-0.1, -0.05) is 55.4 Å². The molecule has 0 spiro atoms. The van der Waals surface area contributed by atoms with E-state index in [-0.39, 0.29) is 0 Å². The Bertz CT molecular complexity index is 228. The number of hydrogen-bond donors (Lipinski definition) is 0. The van der Waals surface area contributed by atoms with E-state index in [1.165, 1.54) is 0 Å². The Hall–Kier alpha value is 0.354. The molecule has 0 aromatic rings. The zero-order valence-electron chi connectivity index (χ0n) is 15.2. The highest BCUT2D eigenvalue weighted by atomic mass is 28.3. The van der Waals surface area contributed by atoms with E-state index in [1.54, 1.807) is 24.2 Å². The molecule has 1 aliphatic heterocycles. The van der Waals surface area contributed by atoms with Gasteiger partial charge in [-0.25, -0.2) is 0 Å². The molecule has 0 amide bonds. The second-order valence-corrected chi connectivity index (χ2v) is 13.8. The molecule has 1 heterocycles. The minimum absolute atomic E-state index is 0.658. The number of nitrogens with zero attached hydrogens (tertiary/aromatic N) is 2. The minimum Gasteiger partial charge on any atom is -0.322 e. The van der Waals surface area contributed by atoms with Crippen LogP contribution >= 0.6 is 0 Å². The molecular weight excluding hydrogens is 276 g/mol. The van der Waals surface area contributed by atoms with Gasteiger partial charge in [0.15, 0.2) is 0 Å². The van der Waals surface area contributed by atoms with Crippen molar-refractivity contribution in [2.24, 2.45) is 0 Å². The van der Waals surface area contributed by atoms with Crippen molar-refractivity contribution in [2.75, 3.05) is 0 Å². The van der Waals surface area contributed by atoms with Gasteiger partial charge in [-0.15, -0.1) is 0 Å². The monoisotopic (exact) mass is 314 g/mol. The molecule has 4 heteroatoms. The van der Waals surface area contributed by atoms with Crippen molar-refractivity contribution in [1.29, 1.82) is 0 Å². The lowest BCUT2D eigenvalue weighted by molar-refractivity contribution is 0.291. The molecule has 0 bridgehead atoms. The van der Waals surface area contributed by atoms with Crippen molar-refractivity contribution in [3.8, 4) is 0 Å². The van der Waals surface area contributed by atoms with Crippen LogP contribution in [0.15, 0.2) is 0 Å². The molecule has 120 valence electrons. The van der Waals surface area contributed by atoms with Crippen LogP contribution in [-0.4, -0.2) is 51.2 Å². The van der Waals surface area contributed by atoms with Crippen LogP contribution in [0.2, 0.25) is 24.2 Å². The lowest BCUT2D eigenvalue weighted by Crippen LogP contribution is -2.54. The summed E-state index contributed by atoms with van der Waals surface area (Å²) in [6.07, 6.45) is 0. The van der Waals surface area contributed by atoms with Crippen LogP contribution in [0.4, 0.5) is 0 Å². The molecular formula is C16H38N2Si2. The highest BCUT2D eigenvalue weighted by Gasteiger charge is 2.34. The first-order valence-electron chi connectivity index (χ1n) is 8.80. The van der Waals surface area contributed by atoms with Crippen LogP contribution in [-0.2, 0) is 0 Å². The molecule has 1 aliphatic rings. The van der Waals surface area contributed by atoms with Crippen molar-refractivity contribution in [3.63, 3.8) is 0 Å². The van der Waals surface area contributed by atoms with Gasteiger partial charge in [-0.3, -0.25) is 0 Å². The van der Waals surface area contributed by atoms with E-state index < -0.39 is 17.9 Å². The second-order valence-electron chi connectivity index (χ2n) is 7.73. The van der Waals surface area contributed by atoms with Crippen molar-refractivity contribution in [3.05, 3.63) is 0 Å². The Morgan fingerprint density at radius 2 is 0.700 bits per heavy atom. The standard InChI is InChI=1S/C16H38N2Si2/c1-13(2)17(14(3)4)19-9-11-20(12-10-19)18(15(5)6)16(7)8/h13-16,19-20H,9-12H2,1-8H3. The number of hydrogen-bond acceptors (Lipinski definition) is 2. The van der Waals surface area contributed by atoms with Crippen LogP contribution in [0.25, 0.3) is 0 Å². The van der Waals surface area contributed by atoms with Crippen molar-refractivity contribution in [1.82, 2.24) is 9.13 Å². The summed E-state index contributed by atoms with van der Waals surface area (Å²) < 4.78 is 5.78. The SMILES string of the molecule is CC(C)N(C(C)C)[SiH]1CC[SiH](N(C(C)C)C(C)C)CC1. The molecule has 0 aromatic carbocycles. The van der Waals surface area contributed by atoms with E-state index >= 15 is 0 Å². The maximum Gasteiger partial charge on any atom is 0.112 e. The molecule has 1 rings (SSSR count). The van der Waals surface area contributed by atoms with E-state index in [4.69, 9.17) is 0 Å². The fraction of sp³-hybridized carbons (Fsp3) is 1.00.